The van der Waals surface area contributed by atoms with E-state index < -0.39 is 0 Å². The molecule has 1 aliphatic rings. The van der Waals surface area contributed by atoms with Crippen LogP contribution in [0.1, 0.15) is 38.3 Å². The monoisotopic (exact) mass is 233 g/mol. The second kappa shape index (κ2) is 5.50. The van der Waals surface area contributed by atoms with Crippen LogP contribution < -0.4 is 10.2 Å². The van der Waals surface area contributed by atoms with Gasteiger partial charge in [0.25, 0.3) is 0 Å². The first kappa shape index (κ1) is 12.4. The Bertz CT molecular complexity index is 362. The average molecular weight is 233 g/mol. The van der Waals surface area contributed by atoms with Crippen molar-refractivity contribution < 1.29 is 0 Å². The van der Waals surface area contributed by atoms with Crippen molar-refractivity contribution in [2.75, 3.05) is 25.0 Å². The van der Waals surface area contributed by atoms with Crippen molar-refractivity contribution in [2.24, 2.45) is 0 Å². The molecule has 1 N–H and O–H groups in total. The van der Waals surface area contributed by atoms with Gasteiger partial charge in [0, 0.05) is 24.8 Å². The Morgan fingerprint density at radius 2 is 2.24 bits per heavy atom. The SMILES string of the molecule is CN[C@H]1CCCN(c2cccc(C(C)C)n2)C1. The van der Waals surface area contributed by atoms with E-state index in [-0.39, 0.29) is 0 Å². The molecule has 0 amide bonds. The molecule has 94 valence electrons. The minimum absolute atomic E-state index is 0.500. The molecule has 1 saturated heterocycles. The number of piperidine rings is 1. The van der Waals surface area contributed by atoms with Crippen LogP contribution >= 0.6 is 0 Å². The van der Waals surface area contributed by atoms with Crippen LogP contribution in [-0.4, -0.2) is 31.2 Å². The van der Waals surface area contributed by atoms with Crippen molar-refractivity contribution in [3.05, 3.63) is 23.9 Å². The van der Waals surface area contributed by atoms with Crippen molar-refractivity contribution in [2.45, 2.75) is 38.6 Å². The second-order valence-corrected chi connectivity index (χ2v) is 5.15. The number of hydrogen-bond donors (Lipinski definition) is 1. The van der Waals surface area contributed by atoms with Gasteiger partial charge in [-0.3, -0.25) is 0 Å². The molecule has 0 saturated carbocycles. The summed E-state index contributed by atoms with van der Waals surface area (Å²) >= 11 is 0. The molecule has 1 aliphatic heterocycles. The summed E-state index contributed by atoms with van der Waals surface area (Å²) in [6.07, 6.45) is 2.52. The smallest absolute Gasteiger partial charge is 0.128 e. The minimum atomic E-state index is 0.500. The number of pyridine rings is 1. The Balaban J connectivity index is 2.13. The van der Waals surface area contributed by atoms with E-state index in [1.165, 1.54) is 18.5 Å². The number of nitrogens with zero attached hydrogens (tertiary/aromatic N) is 2. The lowest BCUT2D eigenvalue weighted by molar-refractivity contribution is 0.447. The summed E-state index contributed by atoms with van der Waals surface area (Å²) in [5, 5.41) is 3.37. The average Bonchev–Trinajstić information content (AvgIpc) is 2.39. The molecule has 1 atom stereocenters. The zero-order chi connectivity index (χ0) is 12.3. The van der Waals surface area contributed by atoms with E-state index in [1.807, 2.05) is 7.05 Å². The molecule has 1 aromatic rings. The summed E-state index contributed by atoms with van der Waals surface area (Å²) in [5.74, 6) is 1.64. The Hall–Kier alpha value is -1.09. The third-order valence-electron chi connectivity index (χ3n) is 3.50. The lowest BCUT2D eigenvalue weighted by Crippen LogP contribution is -2.44. The van der Waals surface area contributed by atoms with Gasteiger partial charge >= 0.3 is 0 Å². The minimum Gasteiger partial charge on any atom is -0.355 e. The quantitative estimate of drug-likeness (QED) is 0.869. The van der Waals surface area contributed by atoms with Crippen molar-refractivity contribution in [1.29, 1.82) is 0 Å². The van der Waals surface area contributed by atoms with Gasteiger partial charge in [0.05, 0.1) is 0 Å². The van der Waals surface area contributed by atoms with Crippen molar-refractivity contribution in [3.63, 3.8) is 0 Å². The summed E-state index contributed by atoms with van der Waals surface area (Å²) in [5.41, 5.74) is 1.19. The van der Waals surface area contributed by atoms with Crippen LogP contribution in [0.3, 0.4) is 0 Å². The Labute approximate surface area is 104 Å². The van der Waals surface area contributed by atoms with Gasteiger partial charge < -0.3 is 10.2 Å². The van der Waals surface area contributed by atoms with Crippen LogP contribution in [0.25, 0.3) is 0 Å². The van der Waals surface area contributed by atoms with Crippen molar-refractivity contribution in [1.82, 2.24) is 10.3 Å². The fraction of sp³-hybridized carbons (Fsp3) is 0.643. The molecule has 0 spiro atoms. The standard InChI is InChI=1S/C14H23N3/c1-11(2)13-7-4-8-14(16-13)17-9-5-6-12(10-17)15-3/h4,7-8,11-12,15H,5-6,9-10H2,1-3H3/t12-/m0/s1. The van der Waals surface area contributed by atoms with Gasteiger partial charge in [0.1, 0.15) is 5.82 Å². The van der Waals surface area contributed by atoms with Gasteiger partial charge in [-0.2, -0.15) is 0 Å². The molecular formula is C14H23N3. The van der Waals surface area contributed by atoms with Crippen LogP contribution in [0.2, 0.25) is 0 Å². The van der Waals surface area contributed by atoms with Crippen molar-refractivity contribution in [3.8, 4) is 0 Å². The van der Waals surface area contributed by atoms with E-state index in [0.29, 0.717) is 12.0 Å². The van der Waals surface area contributed by atoms with Crippen LogP contribution in [-0.2, 0) is 0 Å². The molecule has 0 aliphatic carbocycles. The number of nitrogens with one attached hydrogen (secondary N) is 1. The zero-order valence-corrected chi connectivity index (χ0v) is 11.1. The van der Waals surface area contributed by atoms with Gasteiger partial charge in [-0.25, -0.2) is 4.98 Å². The number of likely N-dealkylation sites (N-methyl/N-ethyl adjacent to an activating group) is 1. The number of rotatable bonds is 3. The first-order valence-electron chi connectivity index (χ1n) is 6.60. The highest BCUT2D eigenvalue weighted by molar-refractivity contribution is 5.40. The predicted octanol–water partition coefficient (Wildman–Crippen LogP) is 2.39. The highest BCUT2D eigenvalue weighted by atomic mass is 15.2. The molecule has 1 aromatic heterocycles. The number of hydrogen-bond acceptors (Lipinski definition) is 3. The fourth-order valence-corrected chi connectivity index (χ4v) is 2.36. The summed E-state index contributed by atoms with van der Waals surface area (Å²) in [7, 11) is 2.05. The van der Waals surface area contributed by atoms with Gasteiger partial charge in [-0.15, -0.1) is 0 Å². The zero-order valence-electron chi connectivity index (χ0n) is 11.1. The molecule has 17 heavy (non-hydrogen) atoms. The van der Waals surface area contributed by atoms with E-state index >= 15 is 0 Å². The molecule has 0 radical (unpaired) electrons. The van der Waals surface area contributed by atoms with Crippen LogP contribution in [0, 0.1) is 0 Å². The molecular weight excluding hydrogens is 210 g/mol. The molecule has 3 nitrogen and oxygen atoms in total. The summed E-state index contributed by atoms with van der Waals surface area (Å²) in [6, 6.07) is 6.98. The number of anilines is 1. The fourth-order valence-electron chi connectivity index (χ4n) is 2.36. The Morgan fingerprint density at radius 1 is 1.41 bits per heavy atom. The maximum atomic E-state index is 4.76. The highest BCUT2D eigenvalue weighted by Gasteiger charge is 2.19. The third-order valence-corrected chi connectivity index (χ3v) is 3.50. The Morgan fingerprint density at radius 3 is 2.94 bits per heavy atom. The topological polar surface area (TPSA) is 28.2 Å². The van der Waals surface area contributed by atoms with Crippen LogP contribution in [0.5, 0.6) is 0 Å². The van der Waals surface area contributed by atoms with Crippen LogP contribution in [0.15, 0.2) is 18.2 Å². The highest BCUT2D eigenvalue weighted by Crippen LogP contribution is 2.20. The van der Waals surface area contributed by atoms with E-state index in [4.69, 9.17) is 4.98 Å². The van der Waals surface area contributed by atoms with E-state index in [1.54, 1.807) is 0 Å². The lowest BCUT2D eigenvalue weighted by Gasteiger charge is -2.33. The van der Waals surface area contributed by atoms with Gasteiger partial charge in [-0.1, -0.05) is 19.9 Å². The molecule has 0 aromatic carbocycles. The molecule has 0 bridgehead atoms. The first-order valence-corrected chi connectivity index (χ1v) is 6.60. The van der Waals surface area contributed by atoms with E-state index in [0.717, 1.165) is 18.9 Å². The van der Waals surface area contributed by atoms with Gasteiger partial charge in [0.2, 0.25) is 0 Å². The van der Waals surface area contributed by atoms with Crippen LogP contribution in [0.4, 0.5) is 5.82 Å². The van der Waals surface area contributed by atoms with Gasteiger partial charge in [0.15, 0.2) is 0 Å². The summed E-state index contributed by atoms with van der Waals surface area (Å²) < 4.78 is 0. The maximum Gasteiger partial charge on any atom is 0.128 e. The molecule has 1 fully saturated rings. The molecule has 0 unspecified atom stereocenters. The number of aromatic nitrogens is 1. The predicted molar refractivity (Wildman–Crippen MR) is 72.6 cm³/mol. The molecule has 3 heteroatoms. The summed E-state index contributed by atoms with van der Waals surface area (Å²) in [6.45, 7) is 6.59. The maximum absolute atomic E-state index is 4.76. The van der Waals surface area contributed by atoms with Crippen molar-refractivity contribution >= 4 is 5.82 Å². The van der Waals surface area contributed by atoms with E-state index in [9.17, 15) is 0 Å². The van der Waals surface area contributed by atoms with Gasteiger partial charge in [-0.05, 0) is 37.9 Å². The molecule has 2 rings (SSSR count). The Kier molecular flexibility index (Phi) is 4.00. The normalized spacial score (nSPS) is 20.9. The van der Waals surface area contributed by atoms with E-state index in [2.05, 4.69) is 42.3 Å². The molecule has 2 heterocycles. The first-order chi connectivity index (χ1) is 8.20. The third kappa shape index (κ3) is 2.97. The largest absolute Gasteiger partial charge is 0.355 e. The lowest BCUT2D eigenvalue weighted by atomic mass is 10.1. The summed E-state index contributed by atoms with van der Waals surface area (Å²) in [4.78, 5) is 7.16. The second-order valence-electron chi connectivity index (χ2n) is 5.15.